The van der Waals surface area contributed by atoms with Crippen LogP contribution in [0.2, 0.25) is 0 Å². The first-order valence-corrected chi connectivity index (χ1v) is 9.36. The molecule has 3 rings (SSSR count). The lowest BCUT2D eigenvalue weighted by atomic mass is 10.0. The summed E-state index contributed by atoms with van der Waals surface area (Å²) in [4.78, 5) is 16.4. The fraction of sp³-hybridized carbons (Fsp3) is 0.650. The van der Waals surface area contributed by atoms with Crippen molar-refractivity contribution in [3.8, 4) is 0 Å². The van der Waals surface area contributed by atoms with Crippen LogP contribution in [0.15, 0.2) is 30.3 Å². The summed E-state index contributed by atoms with van der Waals surface area (Å²) < 4.78 is 0. The highest BCUT2D eigenvalue weighted by Gasteiger charge is 2.25. The van der Waals surface area contributed by atoms with Gasteiger partial charge in [0.1, 0.15) is 5.78 Å². The van der Waals surface area contributed by atoms with Crippen LogP contribution in [0.3, 0.4) is 0 Å². The van der Waals surface area contributed by atoms with Crippen molar-refractivity contribution in [1.82, 2.24) is 9.80 Å². The lowest BCUT2D eigenvalue weighted by Gasteiger charge is -2.26. The Bertz CT molecular complexity index is 478. The molecule has 2 fully saturated rings. The number of carbonyl (C=O) groups excluding carboxylic acids is 1. The Balaban J connectivity index is 1.33. The van der Waals surface area contributed by atoms with Crippen molar-refractivity contribution >= 4 is 5.78 Å². The Kier molecular flexibility index (Phi) is 6.23. The third kappa shape index (κ3) is 4.89. The van der Waals surface area contributed by atoms with Gasteiger partial charge in [-0.2, -0.15) is 0 Å². The first kappa shape index (κ1) is 16.7. The number of hydrogen-bond acceptors (Lipinski definition) is 3. The molecule has 1 aromatic rings. The molecule has 2 heterocycles. The summed E-state index contributed by atoms with van der Waals surface area (Å²) in [6.45, 7) is 5.64. The summed E-state index contributed by atoms with van der Waals surface area (Å²) in [6, 6.07) is 11.6. The third-order valence-corrected chi connectivity index (χ3v) is 5.38. The van der Waals surface area contributed by atoms with Crippen LogP contribution < -0.4 is 0 Å². The third-order valence-electron chi connectivity index (χ3n) is 5.38. The van der Waals surface area contributed by atoms with Gasteiger partial charge in [-0.15, -0.1) is 0 Å². The highest BCUT2D eigenvalue weighted by molar-refractivity contribution is 5.79. The Hall–Kier alpha value is -1.19. The number of ketones is 1. The van der Waals surface area contributed by atoms with Gasteiger partial charge < -0.3 is 4.90 Å². The number of piperidine rings is 1. The van der Waals surface area contributed by atoms with Gasteiger partial charge >= 0.3 is 0 Å². The zero-order valence-corrected chi connectivity index (χ0v) is 14.3. The van der Waals surface area contributed by atoms with E-state index < -0.39 is 0 Å². The Morgan fingerprint density at radius 2 is 1.65 bits per heavy atom. The van der Waals surface area contributed by atoms with E-state index in [0.717, 1.165) is 25.9 Å². The van der Waals surface area contributed by atoms with Crippen molar-refractivity contribution in [2.24, 2.45) is 0 Å². The number of hydrogen-bond donors (Lipinski definition) is 0. The molecular formula is C20H30N2O. The van der Waals surface area contributed by atoms with Gasteiger partial charge in [-0.25, -0.2) is 0 Å². The molecule has 0 spiro atoms. The van der Waals surface area contributed by atoms with Crippen LogP contribution in [0, 0.1) is 0 Å². The Morgan fingerprint density at radius 3 is 2.43 bits per heavy atom. The van der Waals surface area contributed by atoms with Crippen molar-refractivity contribution in [3.05, 3.63) is 35.9 Å². The number of rotatable bonds is 7. The molecule has 1 atom stereocenters. The van der Waals surface area contributed by atoms with Gasteiger partial charge in [0.05, 0.1) is 0 Å². The predicted molar refractivity (Wildman–Crippen MR) is 94.5 cm³/mol. The minimum atomic E-state index is 0.447. The molecule has 2 saturated heterocycles. The molecule has 3 heteroatoms. The molecule has 0 radical (unpaired) electrons. The standard InChI is InChI=1S/C20H30N2O/c23-19-11-16-21(17-12-19)13-5-2-6-14-22-15-7-10-20(22)18-8-3-1-4-9-18/h1,3-4,8-9,20H,2,5-7,10-17H2. The van der Waals surface area contributed by atoms with Crippen LogP contribution >= 0.6 is 0 Å². The number of likely N-dealkylation sites (tertiary alicyclic amines) is 2. The average molecular weight is 314 g/mol. The van der Waals surface area contributed by atoms with E-state index in [1.165, 1.54) is 57.3 Å². The van der Waals surface area contributed by atoms with E-state index in [1.54, 1.807) is 0 Å². The van der Waals surface area contributed by atoms with Crippen molar-refractivity contribution < 1.29 is 4.79 Å². The largest absolute Gasteiger partial charge is 0.302 e. The van der Waals surface area contributed by atoms with E-state index in [9.17, 15) is 4.79 Å². The van der Waals surface area contributed by atoms with Crippen molar-refractivity contribution in [2.75, 3.05) is 32.7 Å². The van der Waals surface area contributed by atoms with E-state index in [-0.39, 0.29) is 0 Å². The van der Waals surface area contributed by atoms with Crippen LogP contribution in [-0.2, 0) is 4.79 Å². The van der Waals surface area contributed by atoms with E-state index in [4.69, 9.17) is 0 Å². The zero-order valence-electron chi connectivity index (χ0n) is 14.3. The molecule has 0 bridgehead atoms. The van der Waals surface area contributed by atoms with Gasteiger partial charge in [0.2, 0.25) is 0 Å². The predicted octanol–water partition coefficient (Wildman–Crippen LogP) is 3.66. The molecule has 2 aliphatic rings. The normalized spacial score (nSPS) is 23.5. The molecule has 23 heavy (non-hydrogen) atoms. The monoisotopic (exact) mass is 314 g/mol. The summed E-state index contributed by atoms with van der Waals surface area (Å²) in [6.07, 6.45) is 8.07. The molecule has 1 aromatic carbocycles. The fourth-order valence-corrected chi connectivity index (χ4v) is 4.00. The molecule has 0 aromatic heterocycles. The average Bonchev–Trinajstić information content (AvgIpc) is 3.05. The second kappa shape index (κ2) is 8.60. The molecule has 0 saturated carbocycles. The maximum atomic E-state index is 11.2. The number of nitrogens with zero attached hydrogens (tertiary/aromatic N) is 2. The molecule has 0 amide bonds. The number of Topliss-reactive ketones (excluding diaryl/α,β-unsaturated/α-hetero) is 1. The van der Waals surface area contributed by atoms with Crippen LogP contribution in [0.25, 0.3) is 0 Å². The summed E-state index contributed by atoms with van der Waals surface area (Å²) in [5.74, 6) is 0.447. The summed E-state index contributed by atoms with van der Waals surface area (Å²) in [5.41, 5.74) is 1.49. The molecule has 2 aliphatic heterocycles. The van der Waals surface area contributed by atoms with Crippen molar-refractivity contribution in [2.45, 2.75) is 51.0 Å². The quantitative estimate of drug-likeness (QED) is 0.718. The second-order valence-electron chi connectivity index (χ2n) is 7.05. The van der Waals surface area contributed by atoms with Crippen LogP contribution in [0.1, 0.15) is 56.6 Å². The van der Waals surface area contributed by atoms with E-state index >= 15 is 0 Å². The summed E-state index contributed by atoms with van der Waals surface area (Å²) >= 11 is 0. The lowest BCUT2D eigenvalue weighted by Crippen LogP contribution is -2.34. The molecule has 0 N–H and O–H groups in total. The lowest BCUT2D eigenvalue weighted by molar-refractivity contribution is -0.121. The Labute approximate surface area is 140 Å². The SMILES string of the molecule is O=C1CCN(CCCCCN2CCCC2c2ccccc2)CC1. The highest BCUT2D eigenvalue weighted by atomic mass is 16.1. The smallest absolute Gasteiger partial charge is 0.135 e. The van der Waals surface area contributed by atoms with Crippen LogP contribution in [0.4, 0.5) is 0 Å². The van der Waals surface area contributed by atoms with Crippen LogP contribution in [-0.4, -0.2) is 48.3 Å². The summed E-state index contributed by atoms with van der Waals surface area (Å²) in [5, 5.41) is 0. The van der Waals surface area contributed by atoms with Gasteiger partial charge in [0.15, 0.2) is 0 Å². The molecule has 0 aliphatic carbocycles. The highest BCUT2D eigenvalue weighted by Crippen LogP contribution is 2.31. The number of carbonyl (C=O) groups is 1. The second-order valence-corrected chi connectivity index (χ2v) is 7.05. The van der Waals surface area contributed by atoms with Crippen molar-refractivity contribution in [1.29, 1.82) is 0 Å². The molecule has 126 valence electrons. The van der Waals surface area contributed by atoms with E-state index in [0.29, 0.717) is 11.8 Å². The molecule has 3 nitrogen and oxygen atoms in total. The van der Waals surface area contributed by atoms with Gasteiger partial charge in [0.25, 0.3) is 0 Å². The van der Waals surface area contributed by atoms with Crippen molar-refractivity contribution in [3.63, 3.8) is 0 Å². The Morgan fingerprint density at radius 1 is 0.913 bits per heavy atom. The van der Waals surface area contributed by atoms with E-state index in [2.05, 4.69) is 40.1 Å². The van der Waals surface area contributed by atoms with Gasteiger partial charge in [-0.1, -0.05) is 36.8 Å². The van der Waals surface area contributed by atoms with Crippen LogP contribution in [0.5, 0.6) is 0 Å². The topological polar surface area (TPSA) is 23.6 Å². The fourth-order valence-electron chi connectivity index (χ4n) is 4.00. The maximum absolute atomic E-state index is 11.2. The van der Waals surface area contributed by atoms with Gasteiger partial charge in [-0.05, 0) is 50.9 Å². The van der Waals surface area contributed by atoms with E-state index in [1.807, 2.05) is 0 Å². The number of benzene rings is 1. The summed E-state index contributed by atoms with van der Waals surface area (Å²) in [7, 11) is 0. The van der Waals surface area contributed by atoms with Gasteiger partial charge in [0, 0.05) is 32.0 Å². The molecular weight excluding hydrogens is 284 g/mol. The minimum absolute atomic E-state index is 0.447. The number of unbranched alkanes of at least 4 members (excludes halogenated alkanes) is 2. The minimum Gasteiger partial charge on any atom is -0.302 e. The molecule has 1 unspecified atom stereocenters. The zero-order chi connectivity index (χ0) is 15.9. The maximum Gasteiger partial charge on any atom is 0.135 e. The first-order chi connectivity index (χ1) is 11.3. The first-order valence-electron chi connectivity index (χ1n) is 9.36. The van der Waals surface area contributed by atoms with Gasteiger partial charge in [-0.3, -0.25) is 9.69 Å².